The smallest absolute Gasteiger partial charge is 0.262 e. The van der Waals surface area contributed by atoms with Crippen LogP contribution >= 0.6 is 0 Å². The topological polar surface area (TPSA) is 32.1 Å². The highest BCUT2D eigenvalue weighted by molar-refractivity contribution is 5.80. The van der Waals surface area contributed by atoms with Crippen molar-refractivity contribution in [3.05, 3.63) is 42.0 Å². The van der Waals surface area contributed by atoms with Gasteiger partial charge in [0.25, 0.3) is 6.54 Å². The maximum absolute atomic E-state index is 10.6. The Bertz CT molecular complexity index is 397. The van der Waals surface area contributed by atoms with Gasteiger partial charge in [0.1, 0.15) is 0 Å². The number of allylic oxidation sites excluding steroid dienone is 1. The van der Waals surface area contributed by atoms with Gasteiger partial charge in [0.05, 0.1) is 0 Å². The van der Waals surface area contributed by atoms with Crippen LogP contribution in [0.3, 0.4) is 0 Å². The molecule has 0 spiro atoms. The van der Waals surface area contributed by atoms with Gasteiger partial charge in [0.15, 0.2) is 6.21 Å². The van der Waals surface area contributed by atoms with E-state index in [-0.39, 0.29) is 5.91 Å². The van der Waals surface area contributed by atoms with Crippen LogP contribution in [0.2, 0.25) is 0 Å². The monoisotopic (exact) mass is 201 g/mol. The first kappa shape index (κ1) is 9.65. The summed E-state index contributed by atoms with van der Waals surface area (Å²) in [5.41, 5.74) is 3.84. The number of carbonyl (C=O) groups is 1. The summed E-state index contributed by atoms with van der Waals surface area (Å²) in [7, 11) is 0. The molecule has 1 heterocycles. The summed E-state index contributed by atoms with van der Waals surface area (Å²) in [6.07, 6.45) is 6.92. The fourth-order valence-electron chi connectivity index (χ4n) is 1.37. The average molecular weight is 201 g/mol. The Morgan fingerprint density at radius 2 is 2.07 bits per heavy atom. The predicted molar refractivity (Wildman–Crippen MR) is 59.4 cm³/mol. The second-order valence-corrected chi connectivity index (χ2v) is 3.39. The first-order valence-electron chi connectivity index (χ1n) is 4.95. The third-order valence-electron chi connectivity index (χ3n) is 2.15. The van der Waals surface area contributed by atoms with E-state index < -0.39 is 0 Å². The molecule has 1 aromatic rings. The van der Waals surface area contributed by atoms with Gasteiger partial charge in [0, 0.05) is 6.42 Å². The molecule has 1 N–H and O–H groups in total. The summed E-state index contributed by atoms with van der Waals surface area (Å²) in [5, 5.41) is 0. The molecule has 0 aromatic heterocycles. The minimum Gasteiger partial charge on any atom is -0.262 e. The van der Waals surface area contributed by atoms with Gasteiger partial charge in [-0.2, -0.15) is 0 Å². The Balaban J connectivity index is 1.81. The lowest BCUT2D eigenvalue weighted by atomic mass is 10.2. The maximum atomic E-state index is 10.6. The zero-order valence-corrected chi connectivity index (χ0v) is 8.39. The minimum absolute atomic E-state index is 0.0817. The van der Waals surface area contributed by atoms with Gasteiger partial charge < -0.3 is 0 Å². The zero-order valence-electron chi connectivity index (χ0n) is 8.39. The zero-order chi connectivity index (χ0) is 10.5. The van der Waals surface area contributed by atoms with Crippen LogP contribution in [0.1, 0.15) is 12.0 Å². The van der Waals surface area contributed by atoms with Crippen molar-refractivity contribution in [1.29, 1.82) is 0 Å². The highest BCUT2D eigenvalue weighted by Crippen LogP contribution is 2.01. The van der Waals surface area contributed by atoms with E-state index in [9.17, 15) is 4.79 Å². The van der Waals surface area contributed by atoms with Crippen molar-refractivity contribution in [2.24, 2.45) is 0 Å². The van der Waals surface area contributed by atoms with Crippen molar-refractivity contribution < 1.29 is 9.48 Å². The molecule has 1 saturated heterocycles. The number of carbonyl (C=O) groups excluding carboxylic acids is 1. The molecule has 3 nitrogen and oxygen atoms in total. The van der Waals surface area contributed by atoms with E-state index in [1.165, 1.54) is 5.56 Å². The number of hydrazine groups is 1. The van der Waals surface area contributed by atoms with Crippen LogP contribution in [0.15, 0.2) is 36.4 Å². The van der Waals surface area contributed by atoms with E-state index in [1.807, 2.05) is 24.4 Å². The molecule has 1 aromatic carbocycles. The van der Waals surface area contributed by atoms with Gasteiger partial charge >= 0.3 is 5.91 Å². The summed E-state index contributed by atoms with van der Waals surface area (Å²) >= 11 is 0. The Labute approximate surface area is 88.7 Å². The molecule has 1 amide bonds. The predicted octanol–water partition coefficient (Wildman–Crippen LogP) is 1.22. The first-order valence-corrected chi connectivity index (χ1v) is 4.95. The highest BCUT2D eigenvalue weighted by Gasteiger charge is 2.25. The standard InChI is InChI=1S/C12H12N2O/c15-12-10-14(13-12)9-5-4-8-11-6-2-1-3-7-11/h1-4,6-9H,5,10H2/p+1/b8-4-,14-9-. The molecule has 0 unspecified atom stereocenters. The lowest BCUT2D eigenvalue weighted by Crippen LogP contribution is -2.52. The van der Waals surface area contributed by atoms with Gasteiger partial charge in [-0.1, -0.05) is 42.5 Å². The molecule has 0 saturated carbocycles. The van der Waals surface area contributed by atoms with Gasteiger partial charge in [-0.25, -0.2) is 0 Å². The lowest BCUT2D eigenvalue weighted by molar-refractivity contribution is -0.599. The minimum atomic E-state index is 0.0817. The van der Waals surface area contributed by atoms with Crippen LogP contribution in [0.4, 0.5) is 0 Å². The fraction of sp³-hybridized carbons (Fsp3) is 0.167. The van der Waals surface area contributed by atoms with Crippen LogP contribution in [-0.2, 0) is 4.79 Å². The van der Waals surface area contributed by atoms with E-state index in [4.69, 9.17) is 0 Å². The van der Waals surface area contributed by atoms with Crippen molar-refractivity contribution in [2.75, 3.05) is 6.54 Å². The first-order chi connectivity index (χ1) is 7.34. The molecular weight excluding hydrogens is 188 g/mol. The fourth-order valence-corrected chi connectivity index (χ4v) is 1.37. The normalized spacial score (nSPS) is 17.9. The lowest BCUT2D eigenvalue weighted by Gasteiger charge is -2.08. The molecule has 0 bridgehead atoms. The average Bonchev–Trinajstić information content (AvgIpc) is 2.23. The van der Waals surface area contributed by atoms with Gasteiger partial charge in [-0.05, 0) is 5.56 Å². The number of nitrogens with zero attached hydrogens (tertiary/aromatic N) is 1. The van der Waals surface area contributed by atoms with Crippen LogP contribution in [0, 0.1) is 0 Å². The molecular formula is C12H13N2O+. The molecule has 0 atom stereocenters. The van der Waals surface area contributed by atoms with Crippen LogP contribution in [0.25, 0.3) is 6.08 Å². The molecule has 0 aliphatic carbocycles. The van der Waals surface area contributed by atoms with Gasteiger partial charge in [-0.15, -0.1) is 10.1 Å². The number of hydrogen-bond donors (Lipinski definition) is 1. The van der Waals surface area contributed by atoms with E-state index >= 15 is 0 Å². The van der Waals surface area contributed by atoms with Gasteiger partial charge in [0.2, 0.25) is 0 Å². The summed E-state index contributed by atoms with van der Waals surface area (Å²) in [6.45, 7) is 0.485. The Hall–Kier alpha value is -1.90. The van der Waals surface area contributed by atoms with Crippen LogP contribution < -0.4 is 5.43 Å². The molecule has 0 radical (unpaired) electrons. The van der Waals surface area contributed by atoms with E-state index in [0.717, 1.165) is 6.42 Å². The number of hydrogen-bond acceptors (Lipinski definition) is 1. The van der Waals surface area contributed by atoms with Crippen molar-refractivity contribution in [3.8, 4) is 0 Å². The molecule has 2 rings (SSSR count). The van der Waals surface area contributed by atoms with Crippen molar-refractivity contribution in [1.82, 2.24) is 5.43 Å². The third-order valence-corrected chi connectivity index (χ3v) is 2.15. The van der Waals surface area contributed by atoms with E-state index in [1.54, 1.807) is 4.68 Å². The molecule has 76 valence electrons. The number of nitrogens with one attached hydrogen (secondary N) is 1. The second-order valence-electron chi connectivity index (χ2n) is 3.39. The number of hydrazone groups is 1. The number of rotatable bonds is 3. The second kappa shape index (κ2) is 4.55. The summed E-state index contributed by atoms with van der Waals surface area (Å²) in [6, 6.07) is 10.1. The highest BCUT2D eigenvalue weighted by atomic mass is 16.2. The number of amides is 1. The maximum Gasteiger partial charge on any atom is 0.342 e. The summed E-state index contributed by atoms with van der Waals surface area (Å²) < 4.78 is 1.79. The molecule has 1 aliphatic heterocycles. The van der Waals surface area contributed by atoms with E-state index in [2.05, 4.69) is 29.7 Å². The summed E-state index contributed by atoms with van der Waals surface area (Å²) in [4.78, 5) is 10.6. The van der Waals surface area contributed by atoms with E-state index in [0.29, 0.717) is 6.54 Å². The van der Waals surface area contributed by atoms with Gasteiger partial charge in [-0.3, -0.25) is 4.79 Å². The van der Waals surface area contributed by atoms with Crippen molar-refractivity contribution in [2.45, 2.75) is 6.42 Å². The quantitative estimate of drug-likeness (QED) is 0.733. The van der Waals surface area contributed by atoms with Crippen molar-refractivity contribution in [3.63, 3.8) is 0 Å². The van der Waals surface area contributed by atoms with Crippen LogP contribution in [-0.4, -0.2) is 23.4 Å². The third kappa shape index (κ3) is 2.77. The molecule has 1 aliphatic rings. The van der Waals surface area contributed by atoms with Crippen LogP contribution in [0.5, 0.6) is 0 Å². The molecule has 15 heavy (non-hydrogen) atoms. The Morgan fingerprint density at radius 3 is 2.73 bits per heavy atom. The molecule has 3 heteroatoms. The van der Waals surface area contributed by atoms with Crippen molar-refractivity contribution >= 4 is 18.2 Å². The largest absolute Gasteiger partial charge is 0.342 e. The summed E-state index contributed by atoms with van der Waals surface area (Å²) in [5.74, 6) is 0.0817. The number of benzene rings is 1. The molecule has 1 fully saturated rings. The SMILES string of the molecule is O=C1C/[N+](=C/C/C=C\c2ccccc2)N1. The Morgan fingerprint density at radius 1 is 1.33 bits per heavy atom. The Kier molecular flexibility index (Phi) is 2.93.